The Balaban J connectivity index is 2.25. The van der Waals surface area contributed by atoms with E-state index in [1.54, 1.807) is 0 Å². The van der Waals surface area contributed by atoms with Crippen LogP contribution in [0.1, 0.15) is 33.1 Å². The van der Waals surface area contributed by atoms with Gasteiger partial charge in [-0.2, -0.15) is 0 Å². The number of aliphatic hydroxyl groups is 1. The number of likely N-dealkylation sites (N-methyl/N-ethyl adjacent to an activating group) is 1. The van der Waals surface area contributed by atoms with Crippen molar-refractivity contribution in [3.8, 4) is 0 Å². The van der Waals surface area contributed by atoms with Crippen molar-refractivity contribution in [1.82, 2.24) is 4.90 Å². The van der Waals surface area contributed by atoms with Gasteiger partial charge in [0.2, 0.25) is 0 Å². The molecule has 0 aliphatic carbocycles. The minimum absolute atomic E-state index is 0.551. The van der Waals surface area contributed by atoms with Crippen LogP contribution in [-0.2, 0) is 4.74 Å². The molecule has 2 unspecified atom stereocenters. The summed E-state index contributed by atoms with van der Waals surface area (Å²) in [5, 5.41) is 9.95. The van der Waals surface area contributed by atoms with Crippen LogP contribution in [0.2, 0.25) is 0 Å². The van der Waals surface area contributed by atoms with Crippen LogP contribution in [0.4, 0.5) is 0 Å². The Morgan fingerprint density at radius 3 is 2.80 bits per heavy atom. The van der Waals surface area contributed by atoms with Gasteiger partial charge in [0, 0.05) is 19.7 Å². The molecule has 0 aromatic heterocycles. The van der Waals surface area contributed by atoms with E-state index in [9.17, 15) is 5.11 Å². The maximum Gasteiger partial charge on any atom is 0.0743 e. The molecule has 3 heteroatoms. The van der Waals surface area contributed by atoms with Gasteiger partial charge in [0.25, 0.3) is 0 Å². The highest BCUT2D eigenvalue weighted by Gasteiger charge is 2.22. The molecular weight excluding hydrogens is 190 g/mol. The highest BCUT2D eigenvalue weighted by molar-refractivity contribution is 4.76. The highest BCUT2D eigenvalue weighted by Crippen LogP contribution is 2.16. The lowest BCUT2D eigenvalue weighted by Gasteiger charge is -2.31. The van der Waals surface area contributed by atoms with Crippen molar-refractivity contribution in [1.29, 1.82) is 0 Å². The predicted octanol–water partition coefficient (Wildman–Crippen LogP) is 1.51. The summed E-state index contributed by atoms with van der Waals surface area (Å²) < 4.78 is 5.45. The average molecular weight is 215 g/mol. The van der Waals surface area contributed by atoms with Gasteiger partial charge in [0.15, 0.2) is 0 Å². The van der Waals surface area contributed by atoms with Gasteiger partial charge in [0.1, 0.15) is 0 Å². The number of hydrogen-bond donors (Lipinski definition) is 1. The topological polar surface area (TPSA) is 32.7 Å². The zero-order valence-corrected chi connectivity index (χ0v) is 10.3. The normalized spacial score (nSPS) is 26.6. The lowest BCUT2D eigenvalue weighted by Crippen LogP contribution is -2.41. The third-order valence-electron chi connectivity index (χ3n) is 3.20. The molecule has 0 radical (unpaired) electrons. The van der Waals surface area contributed by atoms with Gasteiger partial charge in [-0.15, -0.1) is 0 Å². The van der Waals surface area contributed by atoms with Gasteiger partial charge in [-0.05, 0) is 39.2 Å². The second kappa shape index (κ2) is 5.83. The molecule has 1 rings (SSSR count). The molecule has 0 bridgehead atoms. The van der Waals surface area contributed by atoms with Crippen LogP contribution in [0, 0.1) is 5.92 Å². The Morgan fingerprint density at radius 1 is 1.53 bits per heavy atom. The summed E-state index contributed by atoms with van der Waals surface area (Å²) in [5.74, 6) is 0.649. The van der Waals surface area contributed by atoms with Gasteiger partial charge in [-0.1, -0.05) is 6.92 Å². The second-order valence-electron chi connectivity index (χ2n) is 5.13. The van der Waals surface area contributed by atoms with Crippen molar-refractivity contribution in [2.45, 2.75) is 38.7 Å². The molecule has 90 valence electrons. The van der Waals surface area contributed by atoms with Crippen molar-refractivity contribution in [3.63, 3.8) is 0 Å². The van der Waals surface area contributed by atoms with Gasteiger partial charge in [-0.3, -0.25) is 0 Å². The zero-order valence-electron chi connectivity index (χ0n) is 10.3. The van der Waals surface area contributed by atoms with Crippen molar-refractivity contribution in [3.05, 3.63) is 0 Å². The Kier molecular flexibility index (Phi) is 5.03. The van der Waals surface area contributed by atoms with E-state index in [0.29, 0.717) is 5.92 Å². The van der Waals surface area contributed by atoms with E-state index in [4.69, 9.17) is 4.74 Å². The van der Waals surface area contributed by atoms with Crippen LogP contribution < -0.4 is 0 Å². The van der Waals surface area contributed by atoms with Crippen molar-refractivity contribution in [2.75, 3.05) is 33.4 Å². The molecule has 1 saturated heterocycles. The minimum atomic E-state index is -0.551. The first kappa shape index (κ1) is 12.9. The average Bonchev–Trinajstić information content (AvgIpc) is 2.18. The van der Waals surface area contributed by atoms with E-state index in [1.165, 1.54) is 12.8 Å². The number of nitrogens with zero attached hydrogens (tertiary/aromatic N) is 1. The summed E-state index contributed by atoms with van der Waals surface area (Å²) in [6.07, 6.45) is 3.25. The van der Waals surface area contributed by atoms with E-state index in [2.05, 4.69) is 11.9 Å². The lowest BCUT2D eigenvalue weighted by molar-refractivity contribution is 0.00282. The van der Waals surface area contributed by atoms with Gasteiger partial charge >= 0.3 is 0 Å². The van der Waals surface area contributed by atoms with Crippen molar-refractivity contribution in [2.24, 2.45) is 5.92 Å². The molecule has 1 aliphatic heterocycles. The third kappa shape index (κ3) is 4.96. The number of ether oxygens (including phenoxy) is 1. The summed E-state index contributed by atoms with van der Waals surface area (Å²) >= 11 is 0. The fraction of sp³-hybridized carbons (Fsp3) is 1.00. The van der Waals surface area contributed by atoms with Gasteiger partial charge in [-0.25, -0.2) is 0 Å². The molecule has 1 heterocycles. The lowest BCUT2D eigenvalue weighted by atomic mass is 9.99. The van der Waals surface area contributed by atoms with E-state index in [1.807, 2.05) is 13.8 Å². The molecule has 0 saturated carbocycles. The molecule has 0 aromatic rings. The summed E-state index contributed by atoms with van der Waals surface area (Å²) in [6.45, 7) is 7.53. The molecule has 15 heavy (non-hydrogen) atoms. The first-order chi connectivity index (χ1) is 7.03. The van der Waals surface area contributed by atoms with E-state index < -0.39 is 5.60 Å². The van der Waals surface area contributed by atoms with Crippen LogP contribution in [0.3, 0.4) is 0 Å². The standard InChI is InChI=1S/C12H25NO2/c1-4-12(2,14)10-13(3)8-11-6-5-7-15-9-11/h11,14H,4-10H2,1-3H3. The predicted molar refractivity (Wildman–Crippen MR) is 62.0 cm³/mol. The Bertz CT molecular complexity index is 176. The smallest absolute Gasteiger partial charge is 0.0743 e. The summed E-state index contributed by atoms with van der Waals surface area (Å²) in [6, 6.07) is 0. The molecule has 1 N–H and O–H groups in total. The van der Waals surface area contributed by atoms with Crippen molar-refractivity contribution >= 4 is 0 Å². The fourth-order valence-corrected chi connectivity index (χ4v) is 2.15. The summed E-state index contributed by atoms with van der Waals surface area (Å²) in [4.78, 5) is 2.23. The third-order valence-corrected chi connectivity index (χ3v) is 3.20. The van der Waals surface area contributed by atoms with Crippen LogP contribution in [-0.4, -0.2) is 49.0 Å². The Morgan fingerprint density at radius 2 is 2.27 bits per heavy atom. The monoisotopic (exact) mass is 215 g/mol. The molecule has 1 fully saturated rings. The molecule has 0 amide bonds. The first-order valence-corrected chi connectivity index (χ1v) is 6.02. The van der Waals surface area contributed by atoms with Crippen LogP contribution >= 0.6 is 0 Å². The largest absolute Gasteiger partial charge is 0.389 e. The van der Waals surface area contributed by atoms with Gasteiger partial charge in [0.05, 0.1) is 12.2 Å². The molecule has 0 aromatic carbocycles. The highest BCUT2D eigenvalue weighted by atomic mass is 16.5. The second-order valence-corrected chi connectivity index (χ2v) is 5.13. The number of rotatable bonds is 5. The van der Waals surface area contributed by atoms with Crippen LogP contribution in [0.15, 0.2) is 0 Å². The van der Waals surface area contributed by atoms with E-state index in [0.717, 1.165) is 32.7 Å². The van der Waals surface area contributed by atoms with Crippen LogP contribution in [0.5, 0.6) is 0 Å². The van der Waals surface area contributed by atoms with Gasteiger partial charge < -0.3 is 14.7 Å². The maximum atomic E-state index is 9.95. The number of hydrogen-bond acceptors (Lipinski definition) is 3. The Hall–Kier alpha value is -0.120. The molecular formula is C12H25NO2. The maximum absolute atomic E-state index is 9.95. The molecule has 1 aliphatic rings. The quantitative estimate of drug-likeness (QED) is 0.754. The van der Waals surface area contributed by atoms with E-state index >= 15 is 0 Å². The molecule has 2 atom stereocenters. The van der Waals surface area contributed by atoms with E-state index in [-0.39, 0.29) is 0 Å². The SMILES string of the molecule is CCC(C)(O)CN(C)CC1CCCOC1. The summed E-state index contributed by atoms with van der Waals surface area (Å²) in [7, 11) is 2.08. The zero-order chi connectivity index (χ0) is 11.3. The Labute approximate surface area is 93.4 Å². The fourth-order valence-electron chi connectivity index (χ4n) is 2.15. The minimum Gasteiger partial charge on any atom is -0.389 e. The first-order valence-electron chi connectivity index (χ1n) is 6.02. The summed E-state index contributed by atoms with van der Waals surface area (Å²) in [5.41, 5.74) is -0.551. The van der Waals surface area contributed by atoms with Crippen molar-refractivity contribution < 1.29 is 9.84 Å². The molecule has 3 nitrogen and oxygen atoms in total. The molecule has 0 spiro atoms. The van der Waals surface area contributed by atoms with Crippen LogP contribution in [0.25, 0.3) is 0 Å².